The van der Waals surface area contributed by atoms with Crippen LogP contribution < -0.4 is 0 Å². The Morgan fingerprint density at radius 3 is 2.50 bits per heavy atom. The molecular formula is C12H18F2OSi. The minimum Gasteiger partial charge on any atom is -0.420 e. The molecule has 0 saturated heterocycles. The molecule has 0 aliphatic carbocycles. The number of halogens is 2. The van der Waals surface area contributed by atoms with Gasteiger partial charge >= 0.3 is 0 Å². The highest BCUT2D eigenvalue weighted by Gasteiger charge is 2.19. The second kappa shape index (κ2) is 5.55. The van der Waals surface area contributed by atoms with Crippen LogP contribution in [0.1, 0.15) is 12.0 Å². The Morgan fingerprint density at radius 1 is 1.25 bits per heavy atom. The highest BCUT2D eigenvalue weighted by molar-refractivity contribution is 6.71. The summed E-state index contributed by atoms with van der Waals surface area (Å²) in [6, 6.07) is 4.75. The lowest BCUT2D eigenvalue weighted by Crippen LogP contribution is -2.28. The molecule has 0 amide bonds. The van der Waals surface area contributed by atoms with Crippen molar-refractivity contribution in [2.24, 2.45) is 0 Å². The van der Waals surface area contributed by atoms with Gasteiger partial charge < -0.3 is 4.43 Å². The number of rotatable bonds is 5. The van der Waals surface area contributed by atoms with Gasteiger partial charge in [0.15, 0.2) is 8.32 Å². The van der Waals surface area contributed by atoms with Crippen molar-refractivity contribution in [1.29, 1.82) is 0 Å². The van der Waals surface area contributed by atoms with E-state index in [1.54, 1.807) is 7.11 Å². The number of hydrogen-bond donors (Lipinski definition) is 0. The summed E-state index contributed by atoms with van der Waals surface area (Å²) in [5.41, 5.74) is 0.585. The Labute approximate surface area is 96.6 Å². The van der Waals surface area contributed by atoms with E-state index in [1.165, 1.54) is 12.1 Å². The van der Waals surface area contributed by atoms with E-state index in [4.69, 9.17) is 4.43 Å². The van der Waals surface area contributed by atoms with Crippen LogP contribution in [0.25, 0.3) is 0 Å². The van der Waals surface area contributed by atoms with Gasteiger partial charge in [-0.25, -0.2) is 8.78 Å². The average molecular weight is 244 g/mol. The van der Waals surface area contributed by atoms with Crippen molar-refractivity contribution in [2.45, 2.75) is 32.0 Å². The van der Waals surface area contributed by atoms with Gasteiger partial charge in [-0.1, -0.05) is 6.07 Å². The molecule has 0 fully saturated rings. The molecule has 0 radical (unpaired) electrons. The molecule has 0 heterocycles. The maximum atomic E-state index is 13.3. The summed E-state index contributed by atoms with van der Waals surface area (Å²) >= 11 is 0. The average Bonchev–Trinajstić information content (AvgIpc) is 2.21. The topological polar surface area (TPSA) is 9.23 Å². The van der Waals surface area contributed by atoms with Gasteiger partial charge in [-0.2, -0.15) is 0 Å². The zero-order valence-electron chi connectivity index (χ0n) is 10.0. The van der Waals surface area contributed by atoms with Gasteiger partial charge in [-0.05, 0) is 43.6 Å². The first-order valence-corrected chi connectivity index (χ1v) is 8.55. The summed E-state index contributed by atoms with van der Waals surface area (Å²) in [6.07, 6.45) is 1.53. The summed E-state index contributed by atoms with van der Waals surface area (Å²) in [5.74, 6) is -0.968. The lowest BCUT2D eigenvalue weighted by Gasteiger charge is -2.19. The zero-order chi connectivity index (χ0) is 12.2. The van der Waals surface area contributed by atoms with Crippen LogP contribution in [0, 0.1) is 11.6 Å². The van der Waals surface area contributed by atoms with Crippen LogP contribution >= 0.6 is 0 Å². The van der Waals surface area contributed by atoms with E-state index in [9.17, 15) is 8.78 Å². The molecule has 1 rings (SSSR count). The van der Waals surface area contributed by atoms with E-state index in [2.05, 4.69) is 13.1 Å². The third-order valence-corrected chi connectivity index (χ3v) is 5.46. The lowest BCUT2D eigenvalue weighted by molar-refractivity contribution is 0.402. The fourth-order valence-electron chi connectivity index (χ4n) is 1.53. The van der Waals surface area contributed by atoms with Crippen LogP contribution in [0.15, 0.2) is 18.2 Å². The first kappa shape index (κ1) is 13.3. The predicted octanol–water partition coefficient (Wildman–Crippen LogP) is 3.75. The fraction of sp³-hybridized carbons (Fsp3) is 0.500. The summed E-state index contributed by atoms with van der Waals surface area (Å²) in [4.78, 5) is 0. The second-order valence-corrected chi connectivity index (χ2v) is 8.98. The summed E-state index contributed by atoms with van der Waals surface area (Å²) in [5, 5.41) is 0. The van der Waals surface area contributed by atoms with Gasteiger partial charge in [0, 0.05) is 13.2 Å². The Balaban J connectivity index is 2.49. The van der Waals surface area contributed by atoms with Crippen molar-refractivity contribution in [3.8, 4) is 0 Å². The van der Waals surface area contributed by atoms with Crippen LogP contribution in [-0.2, 0) is 10.8 Å². The Kier molecular flexibility index (Phi) is 4.62. The third kappa shape index (κ3) is 4.02. The summed E-state index contributed by atoms with van der Waals surface area (Å²) in [7, 11) is 0.171. The Hall–Kier alpha value is -0.743. The molecule has 0 bridgehead atoms. The quantitative estimate of drug-likeness (QED) is 0.717. The van der Waals surface area contributed by atoms with Crippen LogP contribution in [-0.4, -0.2) is 15.4 Å². The minimum atomic E-state index is -1.56. The molecule has 0 atom stereocenters. The van der Waals surface area contributed by atoms with Crippen molar-refractivity contribution in [1.82, 2.24) is 0 Å². The maximum Gasteiger partial charge on any atom is 0.186 e. The molecule has 0 aromatic heterocycles. The van der Waals surface area contributed by atoms with Gasteiger partial charge in [-0.15, -0.1) is 0 Å². The van der Waals surface area contributed by atoms with Crippen LogP contribution in [0.5, 0.6) is 0 Å². The molecule has 90 valence electrons. The number of aryl methyl sites for hydroxylation is 1. The number of hydrogen-bond acceptors (Lipinski definition) is 1. The number of benzene rings is 1. The molecule has 16 heavy (non-hydrogen) atoms. The molecule has 0 aliphatic heterocycles. The SMILES string of the molecule is CO[Si](C)(C)CCCc1ccc(F)cc1F. The Bertz CT molecular complexity index is 353. The molecule has 0 unspecified atom stereocenters. The van der Waals surface area contributed by atoms with Gasteiger partial charge in [0.05, 0.1) is 0 Å². The fourth-order valence-corrected chi connectivity index (χ4v) is 2.76. The smallest absolute Gasteiger partial charge is 0.186 e. The summed E-state index contributed by atoms with van der Waals surface area (Å²) < 4.78 is 31.4. The molecule has 0 spiro atoms. The van der Waals surface area contributed by atoms with E-state index in [0.717, 1.165) is 18.5 Å². The van der Waals surface area contributed by atoms with Gasteiger partial charge in [0.2, 0.25) is 0 Å². The second-order valence-electron chi connectivity index (χ2n) is 4.55. The molecule has 0 aliphatic rings. The normalized spacial score (nSPS) is 11.8. The van der Waals surface area contributed by atoms with E-state index < -0.39 is 20.0 Å². The molecule has 1 aromatic carbocycles. The molecule has 0 saturated carbocycles. The van der Waals surface area contributed by atoms with E-state index >= 15 is 0 Å². The van der Waals surface area contributed by atoms with Gasteiger partial charge in [0.25, 0.3) is 0 Å². The highest BCUT2D eigenvalue weighted by Crippen LogP contribution is 2.17. The monoisotopic (exact) mass is 244 g/mol. The standard InChI is InChI=1S/C12H18F2OSi/c1-15-16(2,3)8-4-5-10-6-7-11(13)9-12(10)14/h6-7,9H,4-5,8H2,1-3H3. The maximum absolute atomic E-state index is 13.3. The lowest BCUT2D eigenvalue weighted by atomic mass is 10.1. The van der Waals surface area contributed by atoms with Gasteiger partial charge in [0.1, 0.15) is 11.6 Å². The third-order valence-electron chi connectivity index (χ3n) is 2.79. The molecular weight excluding hydrogens is 226 g/mol. The van der Waals surface area contributed by atoms with Crippen molar-refractivity contribution in [3.63, 3.8) is 0 Å². The molecule has 0 N–H and O–H groups in total. The van der Waals surface area contributed by atoms with E-state index in [1.807, 2.05) is 0 Å². The summed E-state index contributed by atoms with van der Waals surface area (Å²) in [6.45, 7) is 4.27. The van der Waals surface area contributed by atoms with Crippen molar-refractivity contribution < 1.29 is 13.2 Å². The Morgan fingerprint density at radius 2 is 1.94 bits per heavy atom. The van der Waals surface area contributed by atoms with Crippen LogP contribution in [0.3, 0.4) is 0 Å². The molecule has 1 aromatic rings. The predicted molar refractivity (Wildman–Crippen MR) is 64.0 cm³/mol. The van der Waals surface area contributed by atoms with E-state index in [0.29, 0.717) is 12.0 Å². The molecule has 4 heteroatoms. The van der Waals surface area contributed by atoms with E-state index in [-0.39, 0.29) is 0 Å². The van der Waals surface area contributed by atoms with Crippen molar-refractivity contribution in [2.75, 3.05) is 7.11 Å². The largest absolute Gasteiger partial charge is 0.420 e. The first-order valence-electron chi connectivity index (χ1n) is 5.44. The highest BCUT2D eigenvalue weighted by atomic mass is 28.4. The zero-order valence-corrected chi connectivity index (χ0v) is 11.0. The van der Waals surface area contributed by atoms with Gasteiger partial charge in [-0.3, -0.25) is 0 Å². The van der Waals surface area contributed by atoms with Crippen LogP contribution in [0.4, 0.5) is 8.78 Å². The van der Waals surface area contributed by atoms with Crippen molar-refractivity contribution in [3.05, 3.63) is 35.4 Å². The van der Waals surface area contributed by atoms with Crippen LogP contribution in [0.2, 0.25) is 19.1 Å². The first-order chi connectivity index (χ1) is 7.44. The molecule has 1 nitrogen and oxygen atoms in total. The van der Waals surface area contributed by atoms with Crippen molar-refractivity contribution >= 4 is 8.32 Å². The minimum absolute atomic E-state index is 0.447.